The molecule has 1 amide bonds. The van der Waals surface area contributed by atoms with Gasteiger partial charge in [-0.15, -0.1) is 10.2 Å². The lowest BCUT2D eigenvalue weighted by atomic mass is 10.1. The Morgan fingerprint density at radius 2 is 1.54 bits per heavy atom. The van der Waals surface area contributed by atoms with Crippen LogP contribution in [-0.2, 0) is 0 Å². The Kier molecular flexibility index (Phi) is 3.83. The van der Waals surface area contributed by atoms with Crippen molar-refractivity contribution >= 4 is 28.2 Å². The van der Waals surface area contributed by atoms with Gasteiger partial charge in [-0.2, -0.15) is 0 Å². The second-order valence-electron chi connectivity index (χ2n) is 5.93. The van der Waals surface area contributed by atoms with Gasteiger partial charge in [-0.25, -0.2) is 0 Å². The highest BCUT2D eigenvalue weighted by atomic mass is 16.1. The number of rotatable bonds is 3. The maximum atomic E-state index is 12.6. The molecule has 2 heterocycles. The average molecular weight is 318 g/mol. The van der Waals surface area contributed by atoms with E-state index >= 15 is 0 Å². The molecule has 1 aromatic heterocycles. The van der Waals surface area contributed by atoms with Crippen LogP contribution in [0.15, 0.2) is 54.6 Å². The standard InChI is InChI=1S/C19H18N4O/c24-19(20-14-8-2-1-3-9-14)17-15-10-4-5-11-16(15)18(22-21-17)23-12-6-7-13-23/h1-5,8-11H,6-7,12-13H2,(H,20,24). The Morgan fingerprint density at radius 3 is 2.29 bits per heavy atom. The van der Waals surface area contributed by atoms with Crippen LogP contribution in [0.1, 0.15) is 23.3 Å². The van der Waals surface area contributed by atoms with Crippen molar-refractivity contribution in [3.8, 4) is 0 Å². The zero-order valence-electron chi connectivity index (χ0n) is 13.3. The Morgan fingerprint density at radius 1 is 0.875 bits per heavy atom. The lowest BCUT2D eigenvalue weighted by Crippen LogP contribution is -2.22. The Labute approximate surface area is 140 Å². The molecule has 1 fully saturated rings. The first-order valence-corrected chi connectivity index (χ1v) is 8.20. The molecule has 3 aromatic rings. The lowest BCUT2D eigenvalue weighted by Gasteiger charge is -2.18. The highest BCUT2D eigenvalue weighted by Gasteiger charge is 2.20. The van der Waals surface area contributed by atoms with Gasteiger partial charge in [0.25, 0.3) is 5.91 Å². The van der Waals surface area contributed by atoms with E-state index in [1.807, 2.05) is 54.6 Å². The predicted octanol–water partition coefficient (Wildman–Crippen LogP) is 3.48. The summed E-state index contributed by atoms with van der Waals surface area (Å²) in [4.78, 5) is 14.9. The number of carbonyl (C=O) groups is 1. The van der Waals surface area contributed by atoms with Crippen molar-refractivity contribution in [1.29, 1.82) is 0 Å². The Balaban J connectivity index is 1.74. The summed E-state index contributed by atoms with van der Waals surface area (Å²) in [5, 5.41) is 13.3. The second-order valence-corrected chi connectivity index (χ2v) is 5.93. The van der Waals surface area contributed by atoms with E-state index in [9.17, 15) is 4.79 Å². The van der Waals surface area contributed by atoms with Gasteiger partial charge >= 0.3 is 0 Å². The number of anilines is 2. The smallest absolute Gasteiger partial charge is 0.276 e. The number of benzene rings is 2. The van der Waals surface area contributed by atoms with E-state index in [1.165, 1.54) is 12.8 Å². The third kappa shape index (κ3) is 2.69. The molecule has 120 valence electrons. The van der Waals surface area contributed by atoms with Crippen LogP contribution in [0.2, 0.25) is 0 Å². The van der Waals surface area contributed by atoms with Gasteiger partial charge in [-0.1, -0.05) is 42.5 Å². The molecule has 1 aliphatic rings. The topological polar surface area (TPSA) is 58.1 Å². The normalized spacial score (nSPS) is 14.1. The maximum absolute atomic E-state index is 12.6. The summed E-state index contributed by atoms with van der Waals surface area (Å²) in [7, 11) is 0. The third-order valence-corrected chi connectivity index (χ3v) is 4.32. The summed E-state index contributed by atoms with van der Waals surface area (Å²) in [5.41, 5.74) is 1.11. The van der Waals surface area contributed by atoms with Gasteiger partial charge in [-0.3, -0.25) is 4.79 Å². The summed E-state index contributed by atoms with van der Waals surface area (Å²) < 4.78 is 0. The molecule has 0 spiro atoms. The lowest BCUT2D eigenvalue weighted by molar-refractivity contribution is 0.102. The van der Waals surface area contributed by atoms with Crippen molar-refractivity contribution in [2.75, 3.05) is 23.3 Å². The summed E-state index contributed by atoms with van der Waals surface area (Å²) in [6.07, 6.45) is 2.35. The largest absolute Gasteiger partial charge is 0.355 e. The fourth-order valence-electron chi connectivity index (χ4n) is 3.13. The number of carbonyl (C=O) groups excluding carboxylic acids is 1. The van der Waals surface area contributed by atoms with Crippen molar-refractivity contribution in [3.63, 3.8) is 0 Å². The minimum Gasteiger partial charge on any atom is -0.355 e. The molecule has 0 bridgehead atoms. The molecule has 0 aliphatic carbocycles. The van der Waals surface area contributed by atoms with Crippen molar-refractivity contribution in [2.24, 2.45) is 0 Å². The van der Waals surface area contributed by atoms with Gasteiger partial charge in [0.15, 0.2) is 11.5 Å². The molecule has 0 unspecified atom stereocenters. The minimum absolute atomic E-state index is 0.238. The van der Waals surface area contributed by atoms with Crippen LogP contribution in [0.3, 0.4) is 0 Å². The number of aromatic nitrogens is 2. The fourth-order valence-corrected chi connectivity index (χ4v) is 3.13. The van der Waals surface area contributed by atoms with Gasteiger partial charge in [0, 0.05) is 29.5 Å². The van der Waals surface area contributed by atoms with Gasteiger partial charge in [0.05, 0.1) is 0 Å². The first-order valence-electron chi connectivity index (χ1n) is 8.20. The van der Waals surface area contributed by atoms with Crippen molar-refractivity contribution in [3.05, 3.63) is 60.3 Å². The molecule has 1 aliphatic heterocycles. The predicted molar refractivity (Wildman–Crippen MR) is 95.4 cm³/mol. The van der Waals surface area contributed by atoms with Crippen LogP contribution in [0.5, 0.6) is 0 Å². The molecule has 24 heavy (non-hydrogen) atoms. The number of nitrogens with one attached hydrogen (secondary N) is 1. The van der Waals surface area contributed by atoms with Crippen molar-refractivity contribution in [1.82, 2.24) is 10.2 Å². The van der Waals surface area contributed by atoms with E-state index in [2.05, 4.69) is 20.4 Å². The SMILES string of the molecule is O=C(Nc1ccccc1)c1nnc(N2CCCC2)c2ccccc12. The van der Waals surface area contributed by atoms with E-state index in [-0.39, 0.29) is 5.91 Å². The van der Waals surface area contributed by atoms with Crippen LogP contribution < -0.4 is 10.2 Å². The van der Waals surface area contributed by atoms with Crippen LogP contribution >= 0.6 is 0 Å². The number of fused-ring (bicyclic) bond motifs is 1. The third-order valence-electron chi connectivity index (χ3n) is 4.32. The Bertz CT molecular complexity index is 873. The maximum Gasteiger partial charge on any atom is 0.276 e. The van der Waals surface area contributed by atoms with E-state index in [4.69, 9.17) is 0 Å². The molecule has 4 rings (SSSR count). The monoisotopic (exact) mass is 318 g/mol. The quantitative estimate of drug-likeness (QED) is 0.803. The van der Waals surface area contributed by atoms with Crippen LogP contribution in [0.4, 0.5) is 11.5 Å². The highest BCUT2D eigenvalue weighted by Crippen LogP contribution is 2.28. The van der Waals surface area contributed by atoms with Gasteiger partial charge < -0.3 is 10.2 Å². The molecular weight excluding hydrogens is 300 g/mol. The first kappa shape index (κ1) is 14.6. The minimum atomic E-state index is -0.238. The Hall–Kier alpha value is -2.95. The zero-order valence-corrected chi connectivity index (χ0v) is 13.3. The zero-order chi connectivity index (χ0) is 16.4. The van der Waals surface area contributed by atoms with E-state index in [0.717, 1.165) is 35.4 Å². The molecule has 5 nitrogen and oxygen atoms in total. The summed E-state index contributed by atoms with van der Waals surface area (Å²) in [5.74, 6) is 0.636. The van der Waals surface area contributed by atoms with E-state index < -0.39 is 0 Å². The molecule has 0 atom stereocenters. The van der Waals surface area contributed by atoms with E-state index in [1.54, 1.807) is 0 Å². The summed E-state index contributed by atoms with van der Waals surface area (Å²) in [6.45, 7) is 1.99. The van der Waals surface area contributed by atoms with Crippen LogP contribution in [-0.4, -0.2) is 29.2 Å². The summed E-state index contributed by atoms with van der Waals surface area (Å²) >= 11 is 0. The molecule has 1 N–H and O–H groups in total. The van der Waals surface area contributed by atoms with Gasteiger partial charge in [-0.05, 0) is 25.0 Å². The number of hydrogen-bond acceptors (Lipinski definition) is 4. The molecule has 1 saturated heterocycles. The molecular formula is C19H18N4O. The number of nitrogens with zero attached hydrogens (tertiary/aromatic N) is 3. The molecule has 0 saturated carbocycles. The van der Waals surface area contributed by atoms with Gasteiger partial charge in [0.1, 0.15) is 0 Å². The number of hydrogen-bond donors (Lipinski definition) is 1. The van der Waals surface area contributed by atoms with Crippen LogP contribution in [0, 0.1) is 0 Å². The fraction of sp³-hybridized carbons (Fsp3) is 0.211. The van der Waals surface area contributed by atoms with E-state index in [0.29, 0.717) is 5.69 Å². The highest BCUT2D eigenvalue weighted by molar-refractivity contribution is 6.12. The number of para-hydroxylation sites is 1. The first-order chi connectivity index (χ1) is 11.8. The molecule has 5 heteroatoms. The number of amides is 1. The van der Waals surface area contributed by atoms with Crippen molar-refractivity contribution < 1.29 is 4.79 Å². The molecule has 2 aromatic carbocycles. The molecule has 0 radical (unpaired) electrons. The van der Waals surface area contributed by atoms with Gasteiger partial charge in [0.2, 0.25) is 0 Å². The summed E-state index contributed by atoms with van der Waals surface area (Å²) in [6, 6.07) is 17.2. The van der Waals surface area contributed by atoms with Crippen molar-refractivity contribution in [2.45, 2.75) is 12.8 Å². The second kappa shape index (κ2) is 6.28. The van der Waals surface area contributed by atoms with Crippen LogP contribution in [0.25, 0.3) is 10.8 Å². The average Bonchev–Trinajstić information content (AvgIpc) is 3.16.